The Balaban J connectivity index is 3.71. The number of rotatable bonds is 11. The van der Waals surface area contributed by atoms with Gasteiger partial charge in [-0.3, -0.25) is 4.79 Å². The summed E-state index contributed by atoms with van der Waals surface area (Å²) in [5.74, 6) is -0.253. The van der Waals surface area contributed by atoms with Crippen LogP contribution >= 0.6 is 0 Å². The number of hydrogen-bond acceptors (Lipinski definition) is 7. The third kappa shape index (κ3) is 7.76. The maximum atomic E-state index is 10.8. The van der Waals surface area contributed by atoms with Crippen LogP contribution in [0.5, 0.6) is 0 Å². The highest BCUT2D eigenvalue weighted by Gasteiger charge is 2.28. The molecule has 0 spiro atoms. The van der Waals surface area contributed by atoms with Crippen molar-refractivity contribution < 1.29 is 30.0 Å². The molecule has 0 aliphatic heterocycles. The highest BCUT2D eigenvalue weighted by molar-refractivity contribution is 5.68. The molecule has 0 aromatic rings. The molecule has 4 atom stereocenters. The molecule has 20 heavy (non-hydrogen) atoms. The molecule has 0 saturated heterocycles. The topological polar surface area (TPSA) is 119 Å². The predicted octanol–water partition coefficient (Wildman–Crippen LogP) is -1.23. The number of esters is 1. The lowest BCUT2D eigenvalue weighted by Crippen LogP contribution is -2.48. The second kappa shape index (κ2) is 11.0. The molecule has 0 rings (SSSR count). The van der Waals surface area contributed by atoms with Gasteiger partial charge < -0.3 is 30.5 Å². The molecule has 0 saturated carbocycles. The van der Waals surface area contributed by atoms with E-state index in [9.17, 15) is 25.2 Å². The molecule has 0 radical (unpaired) electrons. The van der Waals surface area contributed by atoms with Crippen LogP contribution in [-0.4, -0.2) is 71.0 Å². The molecule has 0 bridgehead atoms. The zero-order valence-electron chi connectivity index (χ0n) is 12.2. The Bertz CT molecular complexity index is 263. The number of methoxy groups -OCH3 is 1. The van der Waals surface area contributed by atoms with E-state index in [1.54, 1.807) is 6.92 Å². The second-order valence-electron chi connectivity index (χ2n) is 4.76. The van der Waals surface area contributed by atoms with E-state index in [0.717, 1.165) is 6.42 Å². The first-order valence-corrected chi connectivity index (χ1v) is 6.93. The van der Waals surface area contributed by atoms with Crippen molar-refractivity contribution in [2.75, 3.05) is 20.2 Å². The first kappa shape index (κ1) is 19.3. The summed E-state index contributed by atoms with van der Waals surface area (Å²) >= 11 is 0. The highest BCUT2D eigenvalue weighted by atomic mass is 16.5. The van der Waals surface area contributed by atoms with Crippen molar-refractivity contribution >= 4 is 5.97 Å². The fraction of sp³-hybridized carbons (Fsp3) is 0.923. The van der Waals surface area contributed by atoms with Crippen molar-refractivity contribution in [3.63, 3.8) is 0 Å². The largest absolute Gasteiger partial charge is 0.469 e. The first-order valence-electron chi connectivity index (χ1n) is 6.93. The number of nitrogens with one attached hydrogen (secondary N) is 1. The Morgan fingerprint density at radius 2 is 1.70 bits per heavy atom. The van der Waals surface area contributed by atoms with Gasteiger partial charge in [-0.15, -0.1) is 0 Å². The second-order valence-corrected chi connectivity index (χ2v) is 4.76. The zero-order chi connectivity index (χ0) is 15.5. The van der Waals surface area contributed by atoms with E-state index in [1.165, 1.54) is 7.11 Å². The van der Waals surface area contributed by atoms with Crippen molar-refractivity contribution in [2.45, 2.75) is 57.0 Å². The Labute approximate surface area is 119 Å². The first-order chi connectivity index (χ1) is 9.43. The summed E-state index contributed by atoms with van der Waals surface area (Å²) in [7, 11) is 1.34. The summed E-state index contributed by atoms with van der Waals surface area (Å²) in [6, 6.07) is 0. The molecule has 0 aliphatic carbocycles. The number of unbranched alkanes of at least 4 members (excludes halogenated alkanes) is 1. The molecule has 5 N–H and O–H groups in total. The quantitative estimate of drug-likeness (QED) is 0.239. The number of hydrogen-bond donors (Lipinski definition) is 5. The Morgan fingerprint density at radius 3 is 2.25 bits per heavy atom. The smallest absolute Gasteiger partial charge is 0.305 e. The van der Waals surface area contributed by atoms with Crippen molar-refractivity contribution in [3.8, 4) is 0 Å². The minimum Gasteiger partial charge on any atom is -0.469 e. The third-order valence-corrected chi connectivity index (χ3v) is 3.12. The Kier molecular flexibility index (Phi) is 10.6. The molecule has 7 heteroatoms. The number of aliphatic hydroxyl groups excluding tert-OH is 4. The SMILES string of the molecule is CCC(O)C(O)C(O)C(O)CNCCCCC(=O)OC. The molecule has 0 aliphatic rings. The minimum absolute atomic E-state index is 0.104. The van der Waals surface area contributed by atoms with E-state index in [-0.39, 0.29) is 12.5 Å². The van der Waals surface area contributed by atoms with E-state index in [1.807, 2.05) is 0 Å². The molecule has 0 aromatic carbocycles. The summed E-state index contributed by atoms with van der Waals surface area (Å²) in [6.07, 6.45) is -2.92. The van der Waals surface area contributed by atoms with Crippen LogP contribution in [-0.2, 0) is 9.53 Å². The van der Waals surface area contributed by atoms with Gasteiger partial charge in [0, 0.05) is 13.0 Å². The maximum absolute atomic E-state index is 10.8. The summed E-state index contributed by atoms with van der Waals surface area (Å²) in [4.78, 5) is 10.8. The fourth-order valence-electron chi connectivity index (χ4n) is 1.69. The standard InChI is InChI=1S/C13H27NO6/c1-3-9(15)12(18)13(19)10(16)8-14-7-5-4-6-11(17)20-2/h9-10,12-16,18-19H,3-8H2,1-2H3. The molecular weight excluding hydrogens is 266 g/mol. The zero-order valence-corrected chi connectivity index (χ0v) is 12.2. The summed E-state index contributed by atoms with van der Waals surface area (Å²) in [6.45, 7) is 2.35. The lowest BCUT2D eigenvalue weighted by Gasteiger charge is -2.26. The van der Waals surface area contributed by atoms with Crippen LogP contribution in [0.2, 0.25) is 0 Å². The van der Waals surface area contributed by atoms with Crippen molar-refractivity contribution in [3.05, 3.63) is 0 Å². The lowest BCUT2D eigenvalue weighted by atomic mass is 10.0. The monoisotopic (exact) mass is 293 g/mol. The van der Waals surface area contributed by atoms with Gasteiger partial charge in [-0.1, -0.05) is 6.92 Å². The molecular formula is C13H27NO6. The fourth-order valence-corrected chi connectivity index (χ4v) is 1.69. The van der Waals surface area contributed by atoms with Crippen LogP contribution < -0.4 is 5.32 Å². The summed E-state index contributed by atoms with van der Waals surface area (Å²) < 4.78 is 4.50. The van der Waals surface area contributed by atoms with Crippen LogP contribution in [0.1, 0.15) is 32.6 Å². The van der Waals surface area contributed by atoms with Crippen LogP contribution in [0.3, 0.4) is 0 Å². The van der Waals surface area contributed by atoms with Gasteiger partial charge in [0.2, 0.25) is 0 Å². The maximum Gasteiger partial charge on any atom is 0.305 e. The number of aliphatic hydroxyl groups is 4. The van der Waals surface area contributed by atoms with Gasteiger partial charge >= 0.3 is 5.97 Å². The normalized spacial score (nSPS) is 17.3. The lowest BCUT2D eigenvalue weighted by molar-refractivity contribution is -0.140. The van der Waals surface area contributed by atoms with Crippen molar-refractivity contribution in [1.29, 1.82) is 0 Å². The van der Waals surface area contributed by atoms with E-state index in [0.29, 0.717) is 25.8 Å². The molecule has 4 unspecified atom stereocenters. The predicted molar refractivity (Wildman–Crippen MR) is 73.1 cm³/mol. The van der Waals surface area contributed by atoms with Gasteiger partial charge in [-0.05, 0) is 25.8 Å². The highest BCUT2D eigenvalue weighted by Crippen LogP contribution is 2.07. The number of ether oxygens (including phenoxy) is 1. The Morgan fingerprint density at radius 1 is 1.10 bits per heavy atom. The average molecular weight is 293 g/mol. The van der Waals surface area contributed by atoms with Gasteiger partial charge in [-0.25, -0.2) is 0 Å². The molecule has 0 amide bonds. The molecule has 0 fully saturated rings. The van der Waals surface area contributed by atoms with E-state index >= 15 is 0 Å². The van der Waals surface area contributed by atoms with Gasteiger partial charge in [0.25, 0.3) is 0 Å². The van der Waals surface area contributed by atoms with Crippen LogP contribution in [0.15, 0.2) is 0 Å². The average Bonchev–Trinajstić information content (AvgIpc) is 2.47. The summed E-state index contributed by atoms with van der Waals surface area (Å²) in [5, 5.41) is 41.1. The molecule has 0 heterocycles. The van der Waals surface area contributed by atoms with Gasteiger partial charge in [0.1, 0.15) is 12.2 Å². The van der Waals surface area contributed by atoms with E-state index < -0.39 is 24.4 Å². The van der Waals surface area contributed by atoms with Gasteiger partial charge in [-0.2, -0.15) is 0 Å². The van der Waals surface area contributed by atoms with Crippen molar-refractivity contribution in [1.82, 2.24) is 5.32 Å². The minimum atomic E-state index is -1.40. The van der Waals surface area contributed by atoms with E-state index in [2.05, 4.69) is 10.1 Å². The van der Waals surface area contributed by atoms with Crippen LogP contribution in [0, 0.1) is 0 Å². The van der Waals surface area contributed by atoms with E-state index in [4.69, 9.17) is 0 Å². The Hall–Kier alpha value is -0.730. The third-order valence-electron chi connectivity index (χ3n) is 3.12. The van der Waals surface area contributed by atoms with Crippen LogP contribution in [0.25, 0.3) is 0 Å². The van der Waals surface area contributed by atoms with Crippen LogP contribution in [0.4, 0.5) is 0 Å². The van der Waals surface area contributed by atoms with Gasteiger partial charge in [0.05, 0.1) is 19.3 Å². The number of carbonyl (C=O) groups is 1. The molecule has 0 aromatic heterocycles. The molecule has 7 nitrogen and oxygen atoms in total. The van der Waals surface area contributed by atoms with Gasteiger partial charge in [0.15, 0.2) is 0 Å². The van der Waals surface area contributed by atoms with Crippen molar-refractivity contribution in [2.24, 2.45) is 0 Å². The number of carbonyl (C=O) groups excluding carboxylic acids is 1. The summed E-state index contributed by atoms with van der Waals surface area (Å²) in [5.41, 5.74) is 0. The molecule has 120 valence electrons.